The highest BCUT2D eigenvalue weighted by molar-refractivity contribution is 5.85. The zero-order chi connectivity index (χ0) is 13.9. The molecule has 0 atom stereocenters. The summed E-state index contributed by atoms with van der Waals surface area (Å²) in [5.41, 5.74) is 5.69. The summed E-state index contributed by atoms with van der Waals surface area (Å²) in [6, 6.07) is 20.8. The third-order valence-corrected chi connectivity index (χ3v) is 3.36. The van der Waals surface area contributed by atoms with Crippen molar-refractivity contribution < 1.29 is 0 Å². The van der Waals surface area contributed by atoms with Crippen molar-refractivity contribution in [3.8, 4) is 11.3 Å². The smallest absolute Gasteiger partial charge is 0.0712 e. The molecule has 98 valence electrons. The maximum Gasteiger partial charge on any atom is 0.0712 e. The van der Waals surface area contributed by atoms with Crippen molar-refractivity contribution in [2.45, 2.75) is 13.3 Å². The number of allylic oxidation sites excluding steroid dienone is 1. The van der Waals surface area contributed by atoms with E-state index in [4.69, 9.17) is 4.98 Å². The maximum absolute atomic E-state index is 4.78. The summed E-state index contributed by atoms with van der Waals surface area (Å²) in [5, 5.41) is 1.22. The molecule has 0 aliphatic carbocycles. The van der Waals surface area contributed by atoms with E-state index in [2.05, 4.69) is 49.9 Å². The number of aromatic nitrogens is 1. The monoisotopic (exact) mass is 259 g/mol. The predicted molar refractivity (Wildman–Crippen MR) is 85.7 cm³/mol. The van der Waals surface area contributed by atoms with Gasteiger partial charge in [-0.2, -0.15) is 0 Å². The van der Waals surface area contributed by atoms with Gasteiger partial charge in [0.25, 0.3) is 0 Å². The zero-order valence-corrected chi connectivity index (χ0v) is 11.6. The highest BCUT2D eigenvalue weighted by Crippen LogP contribution is 2.26. The number of rotatable bonds is 3. The molecule has 0 N–H and O–H groups in total. The summed E-state index contributed by atoms with van der Waals surface area (Å²) in [5.74, 6) is 0. The van der Waals surface area contributed by atoms with E-state index in [1.165, 1.54) is 16.5 Å². The van der Waals surface area contributed by atoms with Crippen molar-refractivity contribution in [2.75, 3.05) is 0 Å². The van der Waals surface area contributed by atoms with Gasteiger partial charge in [0.2, 0.25) is 0 Å². The normalized spacial score (nSPS) is 10.7. The molecule has 0 saturated carbocycles. The van der Waals surface area contributed by atoms with Crippen molar-refractivity contribution >= 4 is 10.9 Å². The summed E-state index contributed by atoms with van der Waals surface area (Å²) in [7, 11) is 0. The summed E-state index contributed by atoms with van der Waals surface area (Å²) in [4.78, 5) is 4.78. The molecule has 1 heterocycles. The van der Waals surface area contributed by atoms with Crippen molar-refractivity contribution in [2.24, 2.45) is 0 Å². The molecule has 0 saturated heterocycles. The van der Waals surface area contributed by atoms with Crippen LogP contribution in [0.25, 0.3) is 22.2 Å². The van der Waals surface area contributed by atoms with Crippen LogP contribution in [0, 0.1) is 0 Å². The Bertz CT molecular complexity index is 757. The first kappa shape index (κ1) is 12.6. The van der Waals surface area contributed by atoms with Gasteiger partial charge in [0.1, 0.15) is 0 Å². The minimum Gasteiger partial charge on any atom is -0.248 e. The van der Waals surface area contributed by atoms with Gasteiger partial charge in [-0.3, -0.25) is 0 Å². The second kappa shape index (κ2) is 5.30. The molecule has 1 aromatic heterocycles. The number of hydrogen-bond acceptors (Lipinski definition) is 1. The van der Waals surface area contributed by atoms with Crippen LogP contribution in [0.4, 0.5) is 0 Å². The van der Waals surface area contributed by atoms with E-state index in [0.29, 0.717) is 0 Å². The molecule has 3 rings (SSSR count). The van der Waals surface area contributed by atoms with E-state index < -0.39 is 0 Å². The number of para-hydroxylation sites is 1. The third-order valence-electron chi connectivity index (χ3n) is 3.36. The molecule has 0 spiro atoms. The Morgan fingerprint density at radius 2 is 1.70 bits per heavy atom. The second-order valence-electron chi connectivity index (χ2n) is 5.18. The van der Waals surface area contributed by atoms with Crippen molar-refractivity contribution in [1.29, 1.82) is 0 Å². The topological polar surface area (TPSA) is 12.9 Å². The van der Waals surface area contributed by atoms with Crippen LogP contribution >= 0.6 is 0 Å². The first-order valence-electron chi connectivity index (χ1n) is 6.82. The summed E-state index contributed by atoms with van der Waals surface area (Å²) >= 11 is 0. The molecule has 0 radical (unpaired) electrons. The Morgan fingerprint density at radius 3 is 2.45 bits per heavy atom. The van der Waals surface area contributed by atoms with Crippen LogP contribution in [-0.4, -0.2) is 4.98 Å². The van der Waals surface area contributed by atoms with Crippen LogP contribution < -0.4 is 0 Å². The summed E-state index contributed by atoms with van der Waals surface area (Å²) < 4.78 is 0. The Morgan fingerprint density at radius 1 is 1.00 bits per heavy atom. The number of pyridine rings is 1. The van der Waals surface area contributed by atoms with E-state index in [9.17, 15) is 0 Å². The second-order valence-corrected chi connectivity index (χ2v) is 5.18. The minimum absolute atomic E-state index is 0.892. The van der Waals surface area contributed by atoms with E-state index in [1.54, 1.807) is 0 Å². The van der Waals surface area contributed by atoms with E-state index in [-0.39, 0.29) is 0 Å². The SMILES string of the molecule is C=C(C)Cc1cc(-c2ccccc2)nc2ccccc12. The molecule has 0 fully saturated rings. The van der Waals surface area contributed by atoms with E-state index >= 15 is 0 Å². The lowest BCUT2D eigenvalue weighted by molar-refractivity contribution is 1.16. The molecular weight excluding hydrogens is 242 g/mol. The molecule has 2 aromatic carbocycles. The Balaban J connectivity index is 2.22. The average molecular weight is 259 g/mol. The van der Waals surface area contributed by atoms with Gasteiger partial charge in [-0.05, 0) is 31.0 Å². The average Bonchev–Trinajstić information content (AvgIpc) is 2.47. The van der Waals surface area contributed by atoms with Crippen LogP contribution in [0.2, 0.25) is 0 Å². The van der Waals surface area contributed by atoms with Gasteiger partial charge in [-0.1, -0.05) is 60.7 Å². The lowest BCUT2D eigenvalue weighted by Crippen LogP contribution is -1.93. The molecule has 3 aromatic rings. The predicted octanol–water partition coefficient (Wildman–Crippen LogP) is 5.02. The molecule has 1 nitrogen and oxygen atoms in total. The van der Waals surface area contributed by atoms with Gasteiger partial charge in [0.05, 0.1) is 11.2 Å². The number of benzene rings is 2. The fraction of sp³-hybridized carbons (Fsp3) is 0.105. The standard InChI is InChI=1S/C19H17N/c1-14(2)12-16-13-19(15-8-4-3-5-9-15)20-18-11-7-6-10-17(16)18/h3-11,13H,1,12H2,2H3. The Hall–Kier alpha value is -2.41. The van der Waals surface area contributed by atoms with Gasteiger partial charge in [0.15, 0.2) is 0 Å². The van der Waals surface area contributed by atoms with Crippen molar-refractivity contribution in [3.05, 3.63) is 78.4 Å². The van der Waals surface area contributed by atoms with Gasteiger partial charge < -0.3 is 0 Å². The van der Waals surface area contributed by atoms with E-state index in [0.717, 1.165) is 23.2 Å². The molecule has 0 aliphatic heterocycles. The van der Waals surface area contributed by atoms with Crippen molar-refractivity contribution in [1.82, 2.24) is 4.98 Å². The van der Waals surface area contributed by atoms with Crippen LogP contribution in [0.1, 0.15) is 12.5 Å². The highest BCUT2D eigenvalue weighted by Gasteiger charge is 2.07. The fourth-order valence-corrected chi connectivity index (χ4v) is 2.48. The molecule has 20 heavy (non-hydrogen) atoms. The Kier molecular flexibility index (Phi) is 3.34. The largest absolute Gasteiger partial charge is 0.248 e. The molecule has 0 amide bonds. The first-order chi connectivity index (χ1) is 9.74. The fourth-order valence-electron chi connectivity index (χ4n) is 2.48. The quantitative estimate of drug-likeness (QED) is 0.602. The van der Waals surface area contributed by atoms with Gasteiger partial charge in [-0.25, -0.2) is 4.98 Å². The van der Waals surface area contributed by atoms with Gasteiger partial charge in [-0.15, -0.1) is 0 Å². The van der Waals surface area contributed by atoms with Crippen LogP contribution in [0.15, 0.2) is 72.8 Å². The van der Waals surface area contributed by atoms with Gasteiger partial charge >= 0.3 is 0 Å². The molecule has 0 aliphatic rings. The highest BCUT2D eigenvalue weighted by atomic mass is 14.7. The van der Waals surface area contributed by atoms with Crippen LogP contribution in [-0.2, 0) is 6.42 Å². The molecule has 0 unspecified atom stereocenters. The molecular formula is C19H17N. The van der Waals surface area contributed by atoms with Gasteiger partial charge in [0, 0.05) is 10.9 Å². The lowest BCUT2D eigenvalue weighted by atomic mass is 9.99. The van der Waals surface area contributed by atoms with Crippen LogP contribution in [0.3, 0.4) is 0 Å². The first-order valence-corrected chi connectivity index (χ1v) is 6.82. The minimum atomic E-state index is 0.892. The summed E-state index contributed by atoms with van der Waals surface area (Å²) in [6.45, 7) is 6.11. The van der Waals surface area contributed by atoms with E-state index in [1.807, 2.05) is 24.3 Å². The third kappa shape index (κ3) is 2.48. The maximum atomic E-state index is 4.78. The van der Waals surface area contributed by atoms with Crippen molar-refractivity contribution in [3.63, 3.8) is 0 Å². The number of fused-ring (bicyclic) bond motifs is 1. The Labute approximate surface area is 119 Å². The number of hydrogen-bond donors (Lipinski definition) is 0. The lowest BCUT2D eigenvalue weighted by Gasteiger charge is -2.10. The molecule has 0 bridgehead atoms. The summed E-state index contributed by atoms with van der Waals surface area (Å²) in [6.07, 6.45) is 0.892. The van der Waals surface area contributed by atoms with Crippen LogP contribution in [0.5, 0.6) is 0 Å². The molecule has 1 heteroatoms. The zero-order valence-electron chi connectivity index (χ0n) is 11.6. The number of nitrogens with zero attached hydrogens (tertiary/aromatic N) is 1.